The first-order valence-corrected chi connectivity index (χ1v) is 9.55. The average molecular weight is 372 g/mol. The van der Waals surface area contributed by atoms with Crippen LogP contribution >= 0.6 is 0 Å². The van der Waals surface area contributed by atoms with Crippen molar-refractivity contribution in [3.05, 3.63) is 47.5 Å². The fourth-order valence-corrected chi connectivity index (χ4v) is 3.99. The minimum absolute atomic E-state index is 0.0385. The first-order chi connectivity index (χ1) is 13.1. The van der Waals surface area contributed by atoms with Crippen LogP contribution in [0.5, 0.6) is 0 Å². The molecular formula is C20H25FN4O2. The molecule has 0 N–H and O–H groups in total. The second-order valence-corrected chi connectivity index (χ2v) is 7.24. The zero-order chi connectivity index (χ0) is 18.8. The molecule has 2 aliphatic heterocycles. The van der Waals surface area contributed by atoms with E-state index in [2.05, 4.69) is 10.00 Å². The molecule has 2 aliphatic rings. The van der Waals surface area contributed by atoms with Crippen LogP contribution in [0.2, 0.25) is 0 Å². The minimum Gasteiger partial charge on any atom is -0.379 e. The first kappa shape index (κ1) is 18.1. The lowest BCUT2D eigenvalue weighted by Crippen LogP contribution is -2.46. The Morgan fingerprint density at radius 3 is 2.70 bits per heavy atom. The molecule has 3 heterocycles. The molecule has 1 unspecified atom stereocenters. The summed E-state index contributed by atoms with van der Waals surface area (Å²) in [4.78, 5) is 17.6. The smallest absolute Gasteiger partial charge is 0.257 e. The van der Waals surface area contributed by atoms with Crippen LogP contribution in [-0.2, 0) is 4.74 Å². The van der Waals surface area contributed by atoms with Crippen molar-refractivity contribution in [3.63, 3.8) is 0 Å². The van der Waals surface area contributed by atoms with Crippen molar-refractivity contribution in [1.82, 2.24) is 19.6 Å². The van der Waals surface area contributed by atoms with Gasteiger partial charge in [-0.2, -0.15) is 5.10 Å². The van der Waals surface area contributed by atoms with Gasteiger partial charge in [-0.15, -0.1) is 0 Å². The van der Waals surface area contributed by atoms with Crippen LogP contribution in [0.25, 0.3) is 5.69 Å². The predicted octanol–water partition coefficient (Wildman–Crippen LogP) is 2.26. The highest BCUT2D eigenvalue weighted by atomic mass is 19.1. The molecule has 1 aromatic carbocycles. The van der Waals surface area contributed by atoms with Crippen molar-refractivity contribution in [2.75, 3.05) is 39.4 Å². The van der Waals surface area contributed by atoms with Crippen molar-refractivity contribution in [2.45, 2.75) is 25.8 Å². The number of hydrogen-bond donors (Lipinski definition) is 0. The predicted molar refractivity (Wildman–Crippen MR) is 99.6 cm³/mol. The Hall–Kier alpha value is -2.25. The van der Waals surface area contributed by atoms with Gasteiger partial charge in [-0.3, -0.25) is 9.69 Å². The summed E-state index contributed by atoms with van der Waals surface area (Å²) >= 11 is 0. The molecule has 4 rings (SSSR count). The van der Waals surface area contributed by atoms with Gasteiger partial charge < -0.3 is 9.64 Å². The molecule has 1 amide bonds. The molecule has 1 atom stereocenters. The topological polar surface area (TPSA) is 50.6 Å². The lowest BCUT2D eigenvalue weighted by molar-refractivity contribution is 0.0261. The highest BCUT2D eigenvalue weighted by molar-refractivity contribution is 5.95. The summed E-state index contributed by atoms with van der Waals surface area (Å²) in [6.07, 6.45) is 3.70. The number of halogens is 1. The number of nitrogens with zero attached hydrogens (tertiary/aromatic N) is 4. The van der Waals surface area contributed by atoms with Gasteiger partial charge in [0.1, 0.15) is 5.82 Å². The van der Waals surface area contributed by atoms with Crippen LogP contribution in [0.1, 0.15) is 28.9 Å². The van der Waals surface area contributed by atoms with Crippen LogP contribution in [0, 0.1) is 12.7 Å². The minimum atomic E-state index is -0.289. The number of hydrogen-bond acceptors (Lipinski definition) is 4. The van der Waals surface area contributed by atoms with E-state index in [9.17, 15) is 9.18 Å². The number of likely N-dealkylation sites (tertiary alicyclic amines) is 1. The third-order valence-electron chi connectivity index (χ3n) is 5.52. The fourth-order valence-electron chi connectivity index (χ4n) is 3.99. The number of carbonyl (C=O) groups excluding carboxylic acids is 1. The van der Waals surface area contributed by atoms with Crippen molar-refractivity contribution in [3.8, 4) is 5.69 Å². The third kappa shape index (κ3) is 3.75. The van der Waals surface area contributed by atoms with Gasteiger partial charge in [-0.25, -0.2) is 9.07 Å². The monoisotopic (exact) mass is 372 g/mol. The van der Waals surface area contributed by atoms with E-state index in [1.54, 1.807) is 23.0 Å². The van der Waals surface area contributed by atoms with Gasteiger partial charge >= 0.3 is 0 Å². The van der Waals surface area contributed by atoms with E-state index in [0.717, 1.165) is 63.6 Å². The maximum Gasteiger partial charge on any atom is 0.257 e. The molecule has 0 saturated carbocycles. The molecule has 0 spiro atoms. The van der Waals surface area contributed by atoms with Crippen molar-refractivity contribution >= 4 is 5.91 Å². The lowest BCUT2D eigenvalue weighted by atomic mass is 10.1. The summed E-state index contributed by atoms with van der Waals surface area (Å²) in [6, 6.07) is 6.37. The van der Waals surface area contributed by atoms with E-state index in [1.807, 2.05) is 11.8 Å². The van der Waals surface area contributed by atoms with E-state index < -0.39 is 0 Å². The molecular weight excluding hydrogens is 347 g/mol. The van der Waals surface area contributed by atoms with Crippen LogP contribution in [-0.4, -0.2) is 70.9 Å². The Morgan fingerprint density at radius 1 is 1.22 bits per heavy atom. The third-order valence-corrected chi connectivity index (χ3v) is 5.52. The highest BCUT2D eigenvalue weighted by Gasteiger charge is 2.32. The quantitative estimate of drug-likeness (QED) is 0.826. The number of ether oxygens (including phenoxy) is 1. The molecule has 0 radical (unpaired) electrons. The maximum absolute atomic E-state index is 13.2. The number of amides is 1. The van der Waals surface area contributed by atoms with Crippen LogP contribution in [0.3, 0.4) is 0 Å². The Kier molecular flexibility index (Phi) is 5.22. The highest BCUT2D eigenvalue weighted by Crippen LogP contribution is 2.23. The van der Waals surface area contributed by atoms with Crippen molar-refractivity contribution < 1.29 is 13.9 Å². The summed E-state index contributed by atoms with van der Waals surface area (Å²) in [5, 5.41) is 4.37. The zero-order valence-corrected chi connectivity index (χ0v) is 15.6. The Labute approximate surface area is 158 Å². The average Bonchev–Trinajstić information content (AvgIpc) is 3.29. The second kappa shape index (κ2) is 7.78. The fraction of sp³-hybridized carbons (Fsp3) is 0.500. The molecule has 7 heteroatoms. The SMILES string of the molecule is Cc1c(C(=O)N2CCCC2CN2CCOCC2)cnn1-c1ccc(F)cc1. The molecule has 144 valence electrons. The number of morpholine rings is 1. The number of aromatic nitrogens is 2. The van der Waals surface area contributed by atoms with E-state index in [0.29, 0.717) is 5.56 Å². The summed E-state index contributed by atoms with van der Waals surface area (Å²) in [5.74, 6) is -0.250. The molecule has 0 bridgehead atoms. The summed E-state index contributed by atoms with van der Waals surface area (Å²) in [7, 11) is 0. The van der Waals surface area contributed by atoms with Gasteiger partial charge in [-0.1, -0.05) is 0 Å². The molecule has 0 aliphatic carbocycles. The molecule has 2 fully saturated rings. The van der Waals surface area contributed by atoms with E-state index >= 15 is 0 Å². The van der Waals surface area contributed by atoms with Gasteiger partial charge in [0.05, 0.1) is 36.4 Å². The Balaban J connectivity index is 1.51. The van der Waals surface area contributed by atoms with Gasteiger partial charge in [0.25, 0.3) is 5.91 Å². The summed E-state index contributed by atoms with van der Waals surface area (Å²) < 4.78 is 20.3. The van der Waals surface area contributed by atoms with Crippen LogP contribution in [0.15, 0.2) is 30.5 Å². The normalized spacial score (nSPS) is 21.0. The van der Waals surface area contributed by atoms with Gasteiger partial charge in [0.2, 0.25) is 0 Å². The lowest BCUT2D eigenvalue weighted by Gasteiger charge is -2.32. The molecule has 1 aromatic heterocycles. The first-order valence-electron chi connectivity index (χ1n) is 9.55. The van der Waals surface area contributed by atoms with Crippen molar-refractivity contribution in [1.29, 1.82) is 0 Å². The van der Waals surface area contributed by atoms with E-state index in [4.69, 9.17) is 4.74 Å². The number of carbonyl (C=O) groups is 1. The van der Waals surface area contributed by atoms with E-state index in [1.165, 1.54) is 12.1 Å². The van der Waals surface area contributed by atoms with Crippen LogP contribution < -0.4 is 0 Å². The Bertz CT molecular complexity index is 799. The molecule has 2 aromatic rings. The van der Waals surface area contributed by atoms with Crippen molar-refractivity contribution in [2.24, 2.45) is 0 Å². The molecule has 27 heavy (non-hydrogen) atoms. The van der Waals surface area contributed by atoms with Gasteiger partial charge in [0, 0.05) is 32.2 Å². The molecule has 2 saturated heterocycles. The second-order valence-electron chi connectivity index (χ2n) is 7.24. The number of benzene rings is 1. The Morgan fingerprint density at radius 2 is 1.96 bits per heavy atom. The summed E-state index contributed by atoms with van der Waals surface area (Å²) in [6.45, 7) is 6.97. The largest absolute Gasteiger partial charge is 0.379 e. The summed E-state index contributed by atoms with van der Waals surface area (Å²) in [5.41, 5.74) is 2.15. The maximum atomic E-state index is 13.2. The number of rotatable bonds is 4. The van der Waals surface area contributed by atoms with E-state index in [-0.39, 0.29) is 17.8 Å². The standard InChI is InChI=1S/C20H25FN4O2/c1-15-19(13-22-25(15)17-6-4-16(21)5-7-17)20(26)24-8-2-3-18(24)14-23-9-11-27-12-10-23/h4-7,13,18H,2-3,8-12,14H2,1H3. The molecule has 6 nitrogen and oxygen atoms in total. The van der Waals surface area contributed by atoms with Crippen LogP contribution in [0.4, 0.5) is 4.39 Å². The van der Waals surface area contributed by atoms with Gasteiger partial charge in [-0.05, 0) is 44.0 Å². The zero-order valence-electron chi connectivity index (χ0n) is 15.6. The van der Waals surface area contributed by atoms with Gasteiger partial charge in [0.15, 0.2) is 0 Å².